The fourth-order valence-corrected chi connectivity index (χ4v) is 6.00. The molecule has 0 saturated carbocycles. The van der Waals surface area contributed by atoms with E-state index in [1.54, 1.807) is 30.3 Å². The van der Waals surface area contributed by atoms with Gasteiger partial charge in [0, 0.05) is 28.1 Å². The van der Waals surface area contributed by atoms with Crippen molar-refractivity contribution in [3.05, 3.63) is 81.0 Å². The molecule has 11 heteroatoms. The summed E-state index contributed by atoms with van der Waals surface area (Å²) in [6, 6.07) is 12.7. The number of fused-ring (bicyclic) bond motifs is 3. The average Bonchev–Trinajstić information content (AvgIpc) is 3.65. The average molecular weight is 552 g/mol. The molecule has 2 heterocycles. The highest BCUT2D eigenvalue weighted by molar-refractivity contribution is 7.14. The van der Waals surface area contributed by atoms with Crippen LogP contribution >= 0.6 is 11.3 Å². The number of nitrogen functional groups attached to an aromatic ring is 1. The molecule has 2 aliphatic rings. The summed E-state index contributed by atoms with van der Waals surface area (Å²) in [6.07, 6.45) is 1.15. The number of halogens is 2. The van der Waals surface area contributed by atoms with Gasteiger partial charge in [0.15, 0.2) is 0 Å². The number of amides is 3. The molecule has 1 aromatic heterocycles. The molecule has 1 aliphatic heterocycles. The summed E-state index contributed by atoms with van der Waals surface area (Å²) in [5.41, 5.74) is 6.10. The van der Waals surface area contributed by atoms with Crippen LogP contribution in [0.4, 0.5) is 8.78 Å². The van der Waals surface area contributed by atoms with E-state index in [0.717, 1.165) is 4.88 Å². The molecule has 1 saturated heterocycles. The number of nitrogens with zero attached hydrogens (tertiary/aromatic N) is 1. The molecule has 5 rings (SSSR count). The van der Waals surface area contributed by atoms with E-state index >= 15 is 0 Å². The van der Waals surface area contributed by atoms with Crippen molar-refractivity contribution in [3.8, 4) is 11.1 Å². The zero-order valence-corrected chi connectivity index (χ0v) is 21.9. The lowest BCUT2D eigenvalue weighted by atomic mass is 10.0. The maximum atomic E-state index is 14.8. The Hall–Kier alpha value is -4.12. The van der Waals surface area contributed by atoms with Gasteiger partial charge in [0.25, 0.3) is 11.8 Å². The van der Waals surface area contributed by atoms with Gasteiger partial charge in [-0.15, -0.1) is 11.3 Å². The van der Waals surface area contributed by atoms with Crippen molar-refractivity contribution in [3.63, 3.8) is 0 Å². The van der Waals surface area contributed by atoms with Crippen LogP contribution in [0.15, 0.2) is 54.6 Å². The quantitative estimate of drug-likeness (QED) is 0.263. The summed E-state index contributed by atoms with van der Waals surface area (Å²) in [5, 5.41) is 13.0. The van der Waals surface area contributed by atoms with Crippen LogP contribution in [0.2, 0.25) is 0 Å². The highest BCUT2D eigenvalue weighted by Crippen LogP contribution is 2.50. The van der Waals surface area contributed by atoms with Gasteiger partial charge in [-0.2, -0.15) is 8.78 Å². The van der Waals surface area contributed by atoms with Crippen LogP contribution in [0, 0.1) is 5.41 Å². The lowest BCUT2D eigenvalue weighted by Crippen LogP contribution is -2.49. The fourth-order valence-electron chi connectivity index (χ4n) is 5.13. The Labute approximate surface area is 227 Å². The van der Waals surface area contributed by atoms with E-state index in [2.05, 4.69) is 10.6 Å². The van der Waals surface area contributed by atoms with Gasteiger partial charge in [-0.25, -0.2) is 0 Å². The second-order valence-corrected chi connectivity index (χ2v) is 10.8. The molecule has 5 N–H and O–H groups in total. The van der Waals surface area contributed by atoms with Crippen LogP contribution in [0.25, 0.3) is 11.1 Å². The zero-order valence-electron chi connectivity index (χ0n) is 21.1. The van der Waals surface area contributed by atoms with Crippen LogP contribution in [-0.4, -0.2) is 47.6 Å². The number of likely N-dealkylation sites (tertiary alicyclic amines) is 1. The molecule has 3 amide bonds. The summed E-state index contributed by atoms with van der Waals surface area (Å²) < 4.78 is 29.6. The predicted molar refractivity (Wildman–Crippen MR) is 144 cm³/mol. The van der Waals surface area contributed by atoms with E-state index in [4.69, 9.17) is 11.1 Å². The van der Waals surface area contributed by atoms with Gasteiger partial charge in [0.1, 0.15) is 11.9 Å². The highest BCUT2D eigenvalue weighted by Gasteiger charge is 2.44. The number of carbonyl (C=O) groups is 3. The second-order valence-electron chi connectivity index (χ2n) is 9.65. The Bertz CT molecular complexity index is 1490. The first-order valence-electron chi connectivity index (χ1n) is 12.5. The van der Waals surface area contributed by atoms with Crippen molar-refractivity contribution in [2.75, 3.05) is 13.1 Å². The molecule has 8 nitrogen and oxygen atoms in total. The van der Waals surface area contributed by atoms with E-state index in [-0.39, 0.29) is 41.0 Å². The number of nitrogens with one attached hydrogen (secondary N) is 3. The van der Waals surface area contributed by atoms with Gasteiger partial charge < -0.3 is 21.3 Å². The molecule has 2 aromatic carbocycles. The minimum absolute atomic E-state index is 0.0398. The van der Waals surface area contributed by atoms with Crippen molar-refractivity contribution < 1.29 is 23.2 Å². The molecule has 3 aromatic rings. The number of alkyl halides is 2. The number of benzene rings is 2. The molecule has 2 atom stereocenters. The molecule has 202 valence electrons. The topological polar surface area (TPSA) is 128 Å². The summed E-state index contributed by atoms with van der Waals surface area (Å²) in [6.45, 7) is 1.88. The number of rotatable bonds is 7. The SMILES string of the molecule is C[C@@H](NC(=O)[C@@H]1CCCN1C(=O)CNC(=O)c1ccc2c(c1)-c1ccccc1C2(F)F)c1ccc(C(=N)N)s1. The number of amidine groups is 1. The van der Waals surface area contributed by atoms with E-state index in [1.807, 2.05) is 6.92 Å². The van der Waals surface area contributed by atoms with Gasteiger partial charge in [0.2, 0.25) is 11.8 Å². The van der Waals surface area contributed by atoms with Crippen LogP contribution in [0.5, 0.6) is 0 Å². The predicted octanol–water partition coefficient (Wildman–Crippen LogP) is 3.75. The van der Waals surface area contributed by atoms with Crippen molar-refractivity contribution >= 4 is 34.9 Å². The highest BCUT2D eigenvalue weighted by atomic mass is 32.1. The molecule has 0 unspecified atom stereocenters. The van der Waals surface area contributed by atoms with E-state index in [0.29, 0.717) is 35.4 Å². The van der Waals surface area contributed by atoms with Crippen LogP contribution in [0.3, 0.4) is 0 Å². The summed E-state index contributed by atoms with van der Waals surface area (Å²) >= 11 is 1.32. The summed E-state index contributed by atoms with van der Waals surface area (Å²) in [5.74, 6) is -4.44. The van der Waals surface area contributed by atoms with Gasteiger partial charge in [-0.1, -0.05) is 30.3 Å². The molecule has 39 heavy (non-hydrogen) atoms. The number of thiophene rings is 1. The molecule has 1 aliphatic carbocycles. The smallest absolute Gasteiger partial charge is 0.299 e. The standard InChI is InChI=1S/C28H27F2N5O3S/c1-15(22-10-11-23(39-22)25(31)32)34-27(38)21-7-4-12-35(21)24(36)14-33-26(37)16-8-9-20-18(13-16)17-5-2-3-6-19(17)28(20,29)30/h2-3,5-6,8-11,13,15,21H,4,7,12,14H2,1H3,(H3,31,32)(H,33,37)(H,34,38)/t15-,21+/m1/s1. The third-order valence-electron chi connectivity index (χ3n) is 7.13. The summed E-state index contributed by atoms with van der Waals surface area (Å²) in [4.78, 5) is 41.7. The van der Waals surface area contributed by atoms with Gasteiger partial charge >= 0.3 is 0 Å². The molecular weight excluding hydrogens is 524 g/mol. The van der Waals surface area contributed by atoms with Crippen LogP contribution in [-0.2, 0) is 15.5 Å². The number of hydrogen-bond donors (Lipinski definition) is 4. The normalized spacial score (nSPS) is 17.7. The first-order valence-corrected chi connectivity index (χ1v) is 13.3. The molecular formula is C28H27F2N5O3S. The number of carbonyl (C=O) groups excluding carboxylic acids is 3. The lowest BCUT2D eigenvalue weighted by molar-refractivity contribution is -0.137. The van der Waals surface area contributed by atoms with Gasteiger partial charge in [0.05, 0.1) is 17.5 Å². The Morgan fingerprint density at radius 1 is 1.13 bits per heavy atom. The van der Waals surface area contributed by atoms with Crippen LogP contribution in [0.1, 0.15) is 57.0 Å². The number of nitrogens with two attached hydrogens (primary N) is 1. The molecule has 0 radical (unpaired) electrons. The summed E-state index contributed by atoms with van der Waals surface area (Å²) in [7, 11) is 0. The molecule has 0 bridgehead atoms. The van der Waals surface area contributed by atoms with E-state index in [1.165, 1.54) is 40.5 Å². The van der Waals surface area contributed by atoms with Crippen molar-refractivity contribution in [2.24, 2.45) is 5.73 Å². The largest absolute Gasteiger partial charge is 0.383 e. The Morgan fingerprint density at radius 3 is 2.62 bits per heavy atom. The first-order chi connectivity index (χ1) is 18.6. The lowest BCUT2D eigenvalue weighted by Gasteiger charge is -2.25. The van der Waals surface area contributed by atoms with Crippen LogP contribution < -0.4 is 16.4 Å². The minimum atomic E-state index is -3.14. The van der Waals surface area contributed by atoms with Crippen molar-refractivity contribution in [2.45, 2.75) is 37.8 Å². The van der Waals surface area contributed by atoms with Crippen molar-refractivity contribution in [1.82, 2.24) is 15.5 Å². The molecule has 0 spiro atoms. The minimum Gasteiger partial charge on any atom is -0.383 e. The number of hydrogen-bond acceptors (Lipinski definition) is 5. The van der Waals surface area contributed by atoms with E-state index < -0.39 is 23.8 Å². The van der Waals surface area contributed by atoms with Crippen molar-refractivity contribution in [1.29, 1.82) is 5.41 Å². The zero-order chi connectivity index (χ0) is 27.9. The maximum Gasteiger partial charge on any atom is 0.299 e. The van der Waals surface area contributed by atoms with E-state index in [9.17, 15) is 23.2 Å². The molecule has 1 fully saturated rings. The monoisotopic (exact) mass is 551 g/mol. The Kier molecular flexibility index (Phi) is 6.94. The maximum absolute atomic E-state index is 14.8. The van der Waals surface area contributed by atoms with Gasteiger partial charge in [-0.05, 0) is 55.2 Å². The Balaban J connectivity index is 1.21. The third kappa shape index (κ3) is 4.89. The first kappa shape index (κ1) is 26.5. The third-order valence-corrected chi connectivity index (χ3v) is 8.43. The Morgan fingerprint density at radius 2 is 1.87 bits per heavy atom. The fraction of sp³-hybridized carbons (Fsp3) is 0.286. The second kappa shape index (κ2) is 10.2. The van der Waals surface area contributed by atoms with Gasteiger partial charge in [-0.3, -0.25) is 19.8 Å².